The highest BCUT2D eigenvalue weighted by Crippen LogP contribution is 2.36. The van der Waals surface area contributed by atoms with Gasteiger partial charge in [-0.1, -0.05) is 24.3 Å². The predicted molar refractivity (Wildman–Crippen MR) is 137 cm³/mol. The third kappa shape index (κ3) is 4.29. The third-order valence-electron chi connectivity index (χ3n) is 6.08. The van der Waals surface area contributed by atoms with E-state index in [4.69, 9.17) is 38.4 Å². The van der Waals surface area contributed by atoms with Gasteiger partial charge in [-0.3, -0.25) is 0 Å². The van der Waals surface area contributed by atoms with Gasteiger partial charge in [-0.25, -0.2) is 9.97 Å². The summed E-state index contributed by atoms with van der Waals surface area (Å²) in [4.78, 5) is 9.60. The molecule has 0 bridgehead atoms. The molecule has 0 aliphatic carbocycles. The Balaban J connectivity index is 1.24. The first kappa shape index (κ1) is 21.3. The summed E-state index contributed by atoms with van der Waals surface area (Å²) in [5, 5.41) is 0. The Bertz CT molecular complexity index is 1490. The smallest absolute Gasteiger partial charge is 0.231 e. The summed E-state index contributed by atoms with van der Waals surface area (Å²) in [5.74, 6) is 4.94. The number of rotatable bonds is 5. The second-order valence-electron chi connectivity index (χ2n) is 8.50. The van der Waals surface area contributed by atoms with E-state index in [0.717, 1.165) is 51.1 Å². The molecule has 0 atom stereocenters. The normalized spacial score (nSPS) is 14.7. The molecule has 8 nitrogen and oxygen atoms in total. The van der Waals surface area contributed by atoms with Crippen LogP contribution in [0.25, 0.3) is 35.7 Å². The molecule has 182 valence electrons. The lowest BCUT2D eigenvalue weighted by molar-refractivity contribution is 0.173. The lowest BCUT2D eigenvalue weighted by Crippen LogP contribution is -1.95. The monoisotopic (exact) mass is 492 g/mol. The van der Waals surface area contributed by atoms with Gasteiger partial charge in [0.05, 0.1) is 11.4 Å². The van der Waals surface area contributed by atoms with Crippen molar-refractivity contribution in [2.45, 2.75) is 0 Å². The van der Waals surface area contributed by atoms with Crippen molar-refractivity contribution in [3.05, 3.63) is 83.2 Å². The van der Waals surface area contributed by atoms with Crippen LogP contribution in [-0.2, 0) is 0 Å². The van der Waals surface area contributed by atoms with E-state index in [1.807, 2.05) is 85.0 Å². The number of aromatic nitrogens is 2. The Kier molecular flexibility index (Phi) is 5.13. The number of nitrogens with zero attached hydrogens (tertiary/aromatic N) is 2. The van der Waals surface area contributed by atoms with Crippen LogP contribution in [0.5, 0.6) is 34.5 Å². The lowest BCUT2D eigenvalue weighted by Gasteiger charge is -2.06. The molecule has 4 aromatic rings. The van der Waals surface area contributed by atoms with E-state index in [2.05, 4.69) is 0 Å². The zero-order valence-corrected chi connectivity index (χ0v) is 19.5. The molecular weight excluding hydrogens is 472 g/mol. The third-order valence-corrected chi connectivity index (χ3v) is 6.08. The summed E-state index contributed by atoms with van der Waals surface area (Å²) in [6.07, 6.45) is 7.87. The number of hydrogen-bond acceptors (Lipinski definition) is 8. The van der Waals surface area contributed by atoms with Gasteiger partial charge in [-0.05, 0) is 71.8 Å². The Labute approximate surface area is 212 Å². The van der Waals surface area contributed by atoms with Gasteiger partial charge in [-0.15, -0.1) is 0 Å². The van der Waals surface area contributed by atoms with E-state index in [1.54, 1.807) is 0 Å². The molecule has 8 heteroatoms. The van der Waals surface area contributed by atoms with E-state index >= 15 is 0 Å². The van der Waals surface area contributed by atoms with Crippen molar-refractivity contribution in [2.24, 2.45) is 0 Å². The van der Waals surface area contributed by atoms with Gasteiger partial charge in [0.25, 0.3) is 0 Å². The van der Waals surface area contributed by atoms with Gasteiger partial charge in [0.1, 0.15) is 0 Å². The lowest BCUT2D eigenvalue weighted by atomic mass is 10.1. The average Bonchev–Trinajstić information content (AvgIpc) is 3.70. The molecule has 0 fully saturated rings. The van der Waals surface area contributed by atoms with Crippen LogP contribution in [0.1, 0.15) is 22.5 Å². The Morgan fingerprint density at radius 3 is 1.46 bits per heavy atom. The molecule has 0 N–H and O–H groups in total. The van der Waals surface area contributed by atoms with E-state index in [1.165, 1.54) is 0 Å². The first-order valence-corrected chi connectivity index (χ1v) is 11.7. The average molecular weight is 492 g/mol. The molecule has 3 aliphatic rings. The standard InChI is InChI=1S/C29H20N2O6/c1(18-3-8-23-26(11-18)35-15-32-23)6-21-14-22(7-2-19-4-9-24-27(12-19)36-16-33-24)31-29(30-21)20-5-10-25-28(13-20)37-17-34-25/h1-14H,15-17H2/b6-1+,7-2+. The van der Waals surface area contributed by atoms with Crippen LogP contribution in [0.15, 0.2) is 60.7 Å². The molecule has 3 aliphatic heterocycles. The second-order valence-corrected chi connectivity index (χ2v) is 8.50. The van der Waals surface area contributed by atoms with Gasteiger partial charge >= 0.3 is 0 Å². The van der Waals surface area contributed by atoms with Crippen molar-refractivity contribution in [3.63, 3.8) is 0 Å². The van der Waals surface area contributed by atoms with E-state index in [-0.39, 0.29) is 20.4 Å². The van der Waals surface area contributed by atoms with Gasteiger partial charge in [0.2, 0.25) is 20.4 Å². The minimum Gasteiger partial charge on any atom is -0.454 e. The van der Waals surface area contributed by atoms with Crippen molar-refractivity contribution >= 4 is 24.3 Å². The molecule has 1 aromatic heterocycles. The predicted octanol–water partition coefficient (Wildman–Crippen LogP) is 5.67. The first-order chi connectivity index (χ1) is 18.3. The van der Waals surface area contributed by atoms with E-state index in [0.29, 0.717) is 17.3 Å². The fourth-order valence-corrected chi connectivity index (χ4v) is 4.22. The van der Waals surface area contributed by atoms with Gasteiger partial charge < -0.3 is 28.4 Å². The summed E-state index contributed by atoms with van der Waals surface area (Å²) >= 11 is 0. The van der Waals surface area contributed by atoms with Crippen LogP contribution in [0.3, 0.4) is 0 Å². The zero-order valence-electron chi connectivity index (χ0n) is 19.5. The van der Waals surface area contributed by atoms with Crippen LogP contribution < -0.4 is 28.4 Å². The summed E-state index contributed by atoms with van der Waals surface area (Å²) < 4.78 is 32.8. The molecule has 4 heterocycles. The van der Waals surface area contributed by atoms with Gasteiger partial charge in [0, 0.05) is 5.56 Å². The summed E-state index contributed by atoms with van der Waals surface area (Å²) in [6.45, 7) is 0.695. The van der Waals surface area contributed by atoms with Crippen molar-refractivity contribution in [1.29, 1.82) is 0 Å². The first-order valence-electron chi connectivity index (χ1n) is 11.7. The van der Waals surface area contributed by atoms with Crippen LogP contribution in [0.2, 0.25) is 0 Å². The Morgan fingerprint density at radius 2 is 0.919 bits per heavy atom. The fourth-order valence-electron chi connectivity index (χ4n) is 4.22. The van der Waals surface area contributed by atoms with Crippen LogP contribution >= 0.6 is 0 Å². The maximum atomic E-state index is 5.55. The highest BCUT2D eigenvalue weighted by Gasteiger charge is 2.16. The zero-order chi connectivity index (χ0) is 24.6. The molecule has 3 aromatic carbocycles. The highest BCUT2D eigenvalue weighted by molar-refractivity contribution is 5.75. The van der Waals surface area contributed by atoms with Crippen molar-refractivity contribution in [2.75, 3.05) is 20.4 Å². The Morgan fingerprint density at radius 1 is 0.459 bits per heavy atom. The Hall–Kier alpha value is -4.98. The SMILES string of the molecule is C(=C\c1cc(/C=C/c2ccc3c(c2)OCO3)nc(-c2ccc3c(c2)OCO3)n1)/c1ccc2c(c1)OCO2. The minimum absolute atomic E-state index is 0.210. The molecule has 0 radical (unpaired) electrons. The summed E-state index contributed by atoms with van der Waals surface area (Å²) in [6, 6.07) is 19.3. The highest BCUT2D eigenvalue weighted by atomic mass is 16.7. The minimum atomic E-state index is 0.210. The molecule has 0 saturated heterocycles. The molecular formula is C29H20N2O6. The quantitative estimate of drug-likeness (QED) is 0.353. The maximum Gasteiger partial charge on any atom is 0.231 e. The molecule has 37 heavy (non-hydrogen) atoms. The molecule has 0 unspecified atom stereocenters. The number of ether oxygens (including phenoxy) is 6. The number of fused-ring (bicyclic) bond motifs is 3. The largest absolute Gasteiger partial charge is 0.454 e. The number of hydrogen-bond donors (Lipinski definition) is 0. The van der Waals surface area contributed by atoms with Gasteiger partial charge in [-0.2, -0.15) is 0 Å². The maximum absolute atomic E-state index is 5.55. The molecule has 0 spiro atoms. The molecule has 0 amide bonds. The van der Waals surface area contributed by atoms with E-state index in [9.17, 15) is 0 Å². The summed E-state index contributed by atoms with van der Waals surface area (Å²) in [7, 11) is 0. The molecule has 7 rings (SSSR count). The van der Waals surface area contributed by atoms with Crippen molar-refractivity contribution in [3.8, 4) is 45.9 Å². The van der Waals surface area contributed by atoms with Crippen LogP contribution in [-0.4, -0.2) is 30.3 Å². The fraction of sp³-hybridized carbons (Fsp3) is 0.103. The summed E-state index contributed by atoms with van der Waals surface area (Å²) in [5.41, 5.74) is 4.30. The number of benzene rings is 3. The topological polar surface area (TPSA) is 81.2 Å². The molecule has 0 saturated carbocycles. The van der Waals surface area contributed by atoms with Crippen molar-refractivity contribution in [1.82, 2.24) is 9.97 Å². The second kappa shape index (κ2) is 8.91. The van der Waals surface area contributed by atoms with Crippen LogP contribution in [0.4, 0.5) is 0 Å². The van der Waals surface area contributed by atoms with Crippen molar-refractivity contribution < 1.29 is 28.4 Å². The van der Waals surface area contributed by atoms with Gasteiger partial charge in [0.15, 0.2) is 40.3 Å². The van der Waals surface area contributed by atoms with E-state index < -0.39 is 0 Å². The van der Waals surface area contributed by atoms with Crippen LogP contribution in [0, 0.1) is 0 Å².